The smallest absolute Gasteiger partial charge is 0.119 e. The maximum absolute atomic E-state index is 10.6. The standard InChI is InChI=1S/C25H24O3/c1-3-9-17-19(12-7-15-22(17)26)25(21-11-5-6-14-24(21)28)20-13-8-16-23(27)18(20)10-4-2/h3-8,11-16,25-28H,1-2,9-10H2. The summed E-state index contributed by atoms with van der Waals surface area (Å²) in [5.74, 6) is 0.157. The first-order valence-corrected chi connectivity index (χ1v) is 9.19. The zero-order valence-electron chi connectivity index (χ0n) is 15.7. The Morgan fingerprint density at radius 1 is 0.607 bits per heavy atom. The van der Waals surface area contributed by atoms with Crippen molar-refractivity contribution < 1.29 is 15.3 Å². The van der Waals surface area contributed by atoms with Crippen LogP contribution in [0.3, 0.4) is 0 Å². The normalized spacial score (nSPS) is 10.8. The van der Waals surface area contributed by atoms with E-state index >= 15 is 0 Å². The fourth-order valence-electron chi connectivity index (χ4n) is 3.69. The minimum Gasteiger partial charge on any atom is -0.508 e. The van der Waals surface area contributed by atoms with E-state index in [4.69, 9.17) is 0 Å². The molecule has 28 heavy (non-hydrogen) atoms. The highest BCUT2D eigenvalue weighted by Crippen LogP contribution is 2.43. The van der Waals surface area contributed by atoms with E-state index in [1.165, 1.54) is 0 Å². The Morgan fingerprint density at radius 3 is 1.50 bits per heavy atom. The van der Waals surface area contributed by atoms with E-state index in [1.54, 1.807) is 48.6 Å². The van der Waals surface area contributed by atoms with Gasteiger partial charge in [-0.1, -0.05) is 54.6 Å². The molecule has 0 radical (unpaired) electrons. The minimum absolute atomic E-state index is 0.160. The topological polar surface area (TPSA) is 60.7 Å². The molecule has 3 aromatic carbocycles. The lowest BCUT2D eigenvalue weighted by molar-refractivity contribution is 0.461. The summed E-state index contributed by atoms with van der Waals surface area (Å²) in [6.45, 7) is 7.62. The van der Waals surface area contributed by atoms with Crippen LogP contribution in [0.4, 0.5) is 0 Å². The molecule has 0 bridgehead atoms. The Labute approximate surface area is 165 Å². The zero-order valence-corrected chi connectivity index (χ0v) is 15.7. The number of phenolic OH excluding ortho intramolecular Hbond substituents is 3. The average molecular weight is 372 g/mol. The number of para-hydroxylation sites is 1. The van der Waals surface area contributed by atoms with Gasteiger partial charge < -0.3 is 15.3 Å². The monoisotopic (exact) mass is 372 g/mol. The van der Waals surface area contributed by atoms with E-state index in [1.807, 2.05) is 24.3 Å². The van der Waals surface area contributed by atoms with E-state index in [-0.39, 0.29) is 23.2 Å². The van der Waals surface area contributed by atoms with E-state index in [0.29, 0.717) is 18.4 Å². The fraction of sp³-hybridized carbons (Fsp3) is 0.120. The first-order chi connectivity index (χ1) is 13.6. The largest absolute Gasteiger partial charge is 0.508 e. The van der Waals surface area contributed by atoms with Crippen LogP contribution < -0.4 is 0 Å². The number of hydrogen-bond acceptors (Lipinski definition) is 3. The van der Waals surface area contributed by atoms with E-state index in [9.17, 15) is 15.3 Å². The maximum Gasteiger partial charge on any atom is 0.119 e. The van der Waals surface area contributed by atoms with Crippen LogP contribution in [0.1, 0.15) is 33.7 Å². The molecule has 0 spiro atoms. The number of hydrogen-bond donors (Lipinski definition) is 3. The van der Waals surface area contributed by atoms with Gasteiger partial charge in [-0.05, 0) is 42.2 Å². The van der Waals surface area contributed by atoms with Crippen molar-refractivity contribution in [1.29, 1.82) is 0 Å². The van der Waals surface area contributed by atoms with Crippen LogP contribution in [-0.2, 0) is 12.8 Å². The molecule has 0 aromatic heterocycles. The molecule has 3 N–H and O–H groups in total. The van der Waals surface area contributed by atoms with Crippen molar-refractivity contribution in [1.82, 2.24) is 0 Å². The Balaban J connectivity index is 2.36. The van der Waals surface area contributed by atoms with Gasteiger partial charge in [0.2, 0.25) is 0 Å². The van der Waals surface area contributed by atoms with Gasteiger partial charge in [0.1, 0.15) is 17.2 Å². The van der Waals surface area contributed by atoms with Gasteiger partial charge in [0.15, 0.2) is 0 Å². The molecule has 3 rings (SSSR count). The van der Waals surface area contributed by atoms with Gasteiger partial charge in [0.25, 0.3) is 0 Å². The molecule has 0 heterocycles. The molecular weight excluding hydrogens is 348 g/mol. The summed E-state index contributed by atoms with van der Waals surface area (Å²) in [6, 6.07) is 17.9. The lowest BCUT2D eigenvalue weighted by Crippen LogP contribution is -2.10. The third-order valence-electron chi connectivity index (χ3n) is 4.94. The highest BCUT2D eigenvalue weighted by molar-refractivity contribution is 5.57. The average Bonchev–Trinajstić information content (AvgIpc) is 2.68. The molecule has 3 heteroatoms. The van der Waals surface area contributed by atoms with Crippen LogP contribution >= 0.6 is 0 Å². The van der Waals surface area contributed by atoms with Crippen molar-refractivity contribution in [3.63, 3.8) is 0 Å². The second-order valence-electron chi connectivity index (χ2n) is 6.67. The molecule has 0 fully saturated rings. The quantitative estimate of drug-likeness (QED) is 0.382. The van der Waals surface area contributed by atoms with Crippen molar-refractivity contribution in [3.05, 3.63) is 114 Å². The summed E-state index contributed by atoms with van der Waals surface area (Å²) < 4.78 is 0. The van der Waals surface area contributed by atoms with E-state index < -0.39 is 0 Å². The van der Waals surface area contributed by atoms with Gasteiger partial charge >= 0.3 is 0 Å². The van der Waals surface area contributed by atoms with Crippen LogP contribution in [-0.4, -0.2) is 15.3 Å². The van der Waals surface area contributed by atoms with E-state index in [2.05, 4.69) is 13.2 Å². The molecule has 0 atom stereocenters. The summed E-state index contributed by atoms with van der Waals surface area (Å²) in [5, 5.41) is 31.6. The number of phenols is 3. The van der Waals surface area contributed by atoms with Crippen LogP contribution in [0.15, 0.2) is 86.0 Å². The predicted molar refractivity (Wildman–Crippen MR) is 113 cm³/mol. The molecule has 0 aliphatic rings. The highest BCUT2D eigenvalue weighted by Gasteiger charge is 2.26. The second-order valence-corrected chi connectivity index (χ2v) is 6.67. The lowest BCUT2D eigenvalue weighted by atomic mass is 9.79. The van der Waals surface area contributed by atoms with Crippen molar-refractivity contribution in [2.75, 3.05) is 0 Å². The zero-order chi connectivity index (χ0) is 20.1. The molecule has 3 aromatic rings. The second kappa shape index (κ2) is 8.49. The summed E-state index contributed by atoms with van der Waals surface area (Å²) >= 11 is 0. The van der Waals surface area contributed by atoms with Crippen LogP contribution in [0, 0.1) is 0 Å². The molecule has 0 saturated carbocycles. The van der Waals surface area contributed by atoms with Crippen molar-refractivity contribution in [2.24, 2.45) is 0 Å². The van der Waals surface area contributed by atoms with Crippen LogP contribution in [0.2, 0.25) is 0 Å². The number of benzene rings is 3. The Kier molecular flexibility index (Phi) is 5.85. The predicted octanol–water partition coefficient (Wildman–Crippen LogP) is 5.44. The molecule has 0 amide bonds. The summed E-state index contributed by atoms with van der Waals surface area (Å²) in [4.78, 5) is 0. The van der Waals surface area contributed by atoms with Gasteiger partial charge in [-0.25, -0.2) is 0 Å². The molecule has 0 unspecified atom stereocenters. The van der Waals surface area contributed by atoms with Gasteiger partial charge in [0.05, 0.1) is 0 Å². The van der Waals surface area contributed by atoms with Crippen molar-refractivity contribution in [2.45, 2.75) is 18.8 Å². The first-order valence-electron chi connectivity index (χ1n) is 9.19. The number of allylic oxidation sites excluding steroid dienone is 2. The Bertz CT molecular complexity index is 945. The van der Waals surface area contributed by atoms with Crippen molar-refractivity contribution in [3.8, 4) is 17.2 Å². The summed E-state index contributed by atoms with van der Waals surface area (Å²) in [7, 11) is 0. The van der Waals surface area contributed by atoms with Gasteiger partial charge in [0, 0.05) is 22.6 Å². The van der Waals surface area contributed by atoms with Crippen molar-refractivity contribution >= 4 is 0 Å². The van der Waals surface area contributed by atoms with Crippen LogP contribution in [0.25, 0.3) is 0 Å². The Morgan fingerprint density at radius 2 is 1.04 bits per heavy atom. The minimum atomic E-state index is -0.370. The lowest BCUT2D eigenvalue weighted by Gasteiger charge is -2.25. The molecule has 0 saturated heterocycles. The number of rotatable bonds is 7. The van der Waals surface area contributed by atoms with Gasteiger partial charge in [-0.3, -0.25) is 0 Å². The molecule has 142 valence electrons. The highest BCUT2D eigenvalue weighted by atomic mass is 16.3. The molecule has 3 nitrogen and oxygen atoms in total. The summed E-state index contributed by atoms with van der Waals surface area (Å²) in [5.41, 5.74) is 3.92. The number of aromatic hydroxyl groups is 3. The molecule has 0 aliphatic heterocycles. The summed E-state index contributed by atoms with van der Waals surface area (Å²) in [6.07, 6.45) is 4.46. The van der Waals surface area contributed by atoms with Gasteiger partial charge in [-0.2, -0.15) is 0 Å². The third-order valence-corrected chi connectivity index (χ3v) is 4.94. The van der Waals surface area contributed by atoms with Crippen LogP contribution in [0.5, 0.6) is 17.2 Å². The van der Waals surface area contributed by atoms with E-state index in [0.717, 1.165) is 22.3 Å². The molecular formula is C25H24O3. The first kappa shape index (κ1) is 19.3. The third kappa shape index (κ3) is 3.65. The SMILES string of the molecule is C=CCc1c(O)cccc1C(c1ccccc1O)c1cccc(O)c1CC=C. The molecule has 0 aliphatic carbocycles. The Hall–Kier alpha value is -3.46. The fourth-order valence-corrected chi connectivity index (χ4v) is 3.69. The van der Waals surface area contributed by atoms with Gasteiger partial charge in [-0.15, -0.1) is 13.2 Å². The maximum atomic E-state index is 10.6.